The highest BCUT2D eigenvalue weighted by atomic mass is 35.5. The molecule has 4 heterocycles. The van der Waals surface area contributed by atoms with E-state index in [9.17, 15) is 18.0 Å². The fraction of sp³-hybridized carbons (Fsp3) is 0.208. The van der Waals surface area contributed by atoms with Gasteiger partial charge < -0.3 is 15.2 Å². The molecule has 0 atom stereocenters. The zero-order chi connectivity index (χ0) is 25.6. The standard InChI is InChI=1S/C24H19ClF3N7O/c1-12-7-17(25)18(33-22(36)19-9-14(3-4-30-19)24(26,27)28)10-15(12)16-8-13-11-32-23(29-2)34-20(13)35-6-5-31-21(16)35/h3-4,7-11,31H,5-6H2,1-2H3,(H,33,36). The number of aromatic nitrogens is 4. The Morgan fingerprint density at radius 1 is 1.19 bits per heavy atom. The van der Waals surface area contributed by atoms with Crippen LogP contribution in [0.5, 0.6) is 0 Å². The second kappa shape index (κ2) is 8.90. The van der Waals surface area contributed by atoms with E-state index in [1.807, 2.05) is 17.6 Å². The molecule has 0 bridgehead atoms. The fourth-order valence-corrected chi connectivity index (χ4v) is 4.42. The molecule has 5 rings (SSSR count). The zero-order valence-electron chi connectivity index (χ0n) is 19.1. The summed E-state index contributed by atoms with van der Waals surface area (Å²) in [7, 11) is 1.63. The molecule has 0 saturated heterocycles. The van der Waals surface area contributed by atoms with Gasteiger partial charge in [0, 0.05) is 43.7 Å². The van der Waals surface area contributed by atoms with E-state index in [2.05, 4.69) is 30.6 Å². The van der Waals surface area contributed by atoms with Crippen LogP contribution in [0.2, 0.25) is 5.02 Å². The van der Waals surface area contributed by atoms with Crippen molar-refractivity contribution in [2.75, 3.05) is 24.2 Å². The van der Waals surface area contributed by atoms with Gasteiger partial charge in [-0.25, -0.2) is 4.98 Å². The fourth-order valence-electron chi connectivity index (χ4n) is 4.15. The summed E-state index contributed by atoms with van der Waals surface area (Å²) in [5.41, 5.74) is 2.55. The van der Waals surface area contributed by atoms with Gasteiger partial charge in [-0.15, -0.1) is 0 Å². The van der Waals surface area contributed by atoms with Gasteiger partial charge >= 0.3 is 6.18 Å². The summed E-state index contributed by atoms with van der Waals surface area (Å²) in [6.45, 7) is 3.27. The van der Waals surface area contributed by atoms with Gasteiger partial charge in [-0.3, -0.25) is 14.8 Å². The van der Waals surface area contributed by atoms with E-state index in [4.69, 9.17) is 11.6 Å². The highest BCUT2D eigenvalue weighted by Gasteiger charge is 2.31. The number of anilines is 2. The van der Waals surface area contributed by atoms with E-state index in [-0.39, 0.29) is 16.4 Å². The van der Waals surface area contributed by atoms with E-state index in [0.29, 0.717) is 24.8 Å². The molecule has 8 nitrogen and oxygen atoms in total. The van der Waals surface area contributed by atoms with Crippen molar-refractivity contribution in [1.29, 1.82) is 0 Å². The summed E-state index contributed by atoms with van der Waals surface area (Å²) in [5.74, 6) is 0.772. The van der Waals surface area contributed by atoms with Crippen molar-refractivity contribution < 1.29 is 18.0 Å². The number of pyridine rings is 2. The van der Waals surface area contributed by atoms with Crippen molar-refractivity contribution in [3.05, 3.63) is 70.2 Å². The van der Waals surface area contributed by atoms with Gasteiger partial charge in [-0.2, -0.15) is 18.2 Å². The molecule has 184 valence electrons. The number of amides is 1. The first-order chi connectivity index (χ1) is 17.2. The Kier molecular flexibility index (Phi) is 5.87. The average molecular weight is 514 g/mol. The Morgan fingerprint density at radius 2 is 2.00 bits per heavy atom. The SMILES string of the molecule is CN=c1ncc2cc(-c3cc(NC(=O)c4cc(C(F)(F)F)ccn4)c(Cl)cc3C)c3n(c-2n1)CCN3. The third-order valence-corrected chi connectivity index (χ3v) is 6.18. The number of nitrogens with one attached hydrogen (secondary N) is 2. The molecule has 0 aliphatic carbocycles. The monoisotopic (exact) mass is 513 g/mol. The van der Waals surface area contributed by atoms with E-state index in [1.54, 1.807) is 25.4 Å². The normalized spacial score (nSPS) is 13.6. The smallest absolute Gasteiger partial charge is 0.369 e. The maximum Gasteiger partial charge on any atom is 0.416 e. The molecule has 1 amide bonds. The lowest BCUT2D eigenvalue weighted by molar-refractivity contribution is -0.137. The first kappa shape index (κ1) is 23.7. The van der Waals surface area contributed by atoms with Gasteiger partial charge in [-0.05, 0) is 48.4 Å². The third kappa shape index (κ3) is 4.26. The Labute approximate surface area is 208 Å². The second-order valence-corrected chi connectivity index (χ2v) is 8.59. The van der Waals surface area contributed by atoms with E-state index in [0.717, 1.165) is 46.2 Å². The first-order valence-corrected chi connectivity index (χ1v) is 11.3. The van der Waals surface area contributed by atoms with Crippen LogP contribution in [0.25, 0.3) is 22.5 Å². The summed E-state index contributed by atoms with van der Waals surface area (Å²) >= 11 is 6.40. The predicted octanol–water partition coefficient (Wildman–Crippen LogP) is 4.63. The largest absolute Gasteiger partial charge is 0.416 e. The molecule has 2 N–H and O–H groups in total. The number of rotatable bonds is 3. The molecule has 0 unspecified atom stereocenters. The van der Waals surface area contributed by atoms with Crippen molar-refractivity contribution in [2.24, 2.45) is 4.99 Å². The van der Waals surface area contributed by atoms with Crippen LogP contribution in [0.15, 0.2) is 47.7 Å². The number of aryl methyl sites for hydroxylation is 1. The van der Waals surface area contributed by atoms with E-state index < -0.39 is 17.6 Å². The number of hydrogen-bond donors (Lipinski definition) is 2. The molecular formula is C24H19ClF3N7O. The van der Waals surface area contributed by atoms with Crippen molar-refractivity contribution in [3.8, 4) is 22.5 Å². The summed E-state index contributed by atoms with van der Waals surface area (Å²) in [4.78, 5) is 29.4. The minimum absolute atomic E-state index is 0.243. The highest BCUT2D eigenvalue weighted by Crippen LogP contribution is 2.40. The van der Waals surface area contributed by atoms with E-state index in [1.165, 1.54) is 0 Å². The molecule has 3 aliphatic rings. The summed E-state index contributed by atoms with van der Waals surface area (Å²) in [6, 6.07) is 6.83. The number of halogens is 4. The molecule has 12 heteroatoms. The molecular weight excluding hydrogens is 495 g/mol. The van der Waals surface area contributed by atoms with Crippen molar-refractivity contribution >= 4 is 29.0 Å². The van der Waals surface area contributed by atoms with Gasteiger partial charge in [0.15, 0.2) is 0 Å². The van der Waals surface area contributed by atoms with Gasteiger partial charge in [0.1, 0.15) is 17.3 Å². The summed E-state index contributed by atoms with van der Waals surface area (Å²) < 4.78 is 41.2. The maximum atomic E-state index is 13.1. The Bertz CT molecular complexity index is 1550. The van der Waals surface area contributed by atoms with Crippen LogP contribution in [-0.4, -0.2) is 39.0 Å². The number of alkyl halides is 3. The van der Waals surface area contributed by atoms with Gasteiger partial charge in [-0.1, -0.05) is 11.6 Å². The van der Waals surface area contributed by atoms with Crippen LogP contribution in [0, 0.1) is 6.92 Å². The first-order valence-electron chi connectivity index (χ1n) is 10.9. The Hall–Kier alpha value is -3.99. The summed E-state index contributed by atoms with van der Waals surface area (Å²) in [6.07, 6.45) is -1.95. The summed E-state index contributed by atoms with van der Waals surface area (Å²) in [5, 5.41) is 6.22. The van der Waals surface area contributed by atoms with Gasteiger partial charge in [0.25, 0.3) is 5.91 Å². The molecule has 0 fully saturated rings. The number of carbonyl (C=O) groups excluding carboxylic acids is 1. The van der Waals surface area contributed by atoms with Crippen molar-refractivity contribution in [2.45, 2.75) is 19.6 Å². The maximum absolute atomic E-state index is 13.1. The minimum Gasteiger partial charge on any atom is -0.369 e. The molecule has 1 aromatic carbocycles. The topological polar surface area (TPSA) is 97.1 Å². The third-order valence-electron chi connectivity index (χ3n) is 5.86. The van der Waals surface area contributed by atoms with E-state index >= 15 is 0 Å². The van der Waals surface area contributed by atoms with Crippen molar-refractivity contribution in [1.82, 2.24) is 19.5 Å². The molecule has 1 aromatic heterocycles. The van der Waals surface area contributed by atoms with Gasteiger partial charge in [0.05, 0.1) is 16.3 Å². The van der Waals surface area contributed by atoms with Crippen LogP contribution in [0.4, 0.5) is 24.7 Å². The van der Waals surface area contributed by atoms with Crippen LogP contribution < -0.4 is 16.3 Å². The molecule has 36 heavy (non-hydrogen) atoms. The molecule has 0 saturated carbocycles. The number of nitrogens with zero attached hydrogens (tertiary/aromatic N) is 5. The lowest BCUT2D eigenvalue weighted by Gasteiger charge is -2.19. The Balaban J connectivity index is 1.58. The molecule has 0 radical (unpaired) electrons. The van der Waals surface area contributed by atoms with Crippen LogP contribution in [0.3, 0.4) is 0 Å². The van der Waals surface area contributed by atoms with Crippen LogP contribution in [0.1, 0.15) is 21.6 Å². The average Bonchev–Trinajstić information content (AvgIpc) is 3.35. The van der Waals surface area contributed by atoms with Crippen LogP contribution in [-0.2, 0) is 12.7 Å². The number of carbonyl (C=O) groups is 1. The zero-order valence-corrected chi connectivity index (χ0v) is 19.9. The second-order valence-electron chi connectivity index (χ2n) is 8.19. The highest BCUT2D eigenvalue weighted by molar-refractivity contribution is 6.34. The quantitative estimate of drug-likeness (QED) is 0.416. The minimum atomic E-state index is -4.59. The number of hydrogen-bond acceptors (Lipinski definition) is 6. The van der Waals surface area contributed by atoms with Gasteiger partial charge in [0.2, 0.25) is 5.62 Å². The number of benzene rings is 1. The lowest BCUT2D eigenvalue weighted by atomic mass is 9.98. The number of fused-ring (bicyclic) bond motifs is 3. The lowest BCUT2D eigenvalue weighted by Crippen LogP contribution is -2.17. The van der Waals surface area contributed by atoms with Crippen LogP contribution >= 0.6 is 11.6 Å². The molecule has 2 aromatic rings. The molecule has 0 spiro atoms. The predicted molar refractivity (Wildman–Crippen MR) is 129 cm³/mol. The van der Waals surface area contributed by atoms with Crippen molar-refractivity contribution in [3.63, 3.8) is 0 Å². The molecule has 3 aliphatic heterocycles. The Morgan fingerprint density at radius 3 is 2.75 bits per heavy atom.